The fourth-order valence-corrected chi connectivity index (χ4v) is 0.891. The van der Waals surface area contributed by atoms with Gasteiger partial charge in [-0.2, -0.15) is 0 Å². The Kier molecular flexibility index (Phi) is 14.1. The summed E-state index contributed by atoms with van der Waals surface area (Å²) in [4.78, 5) is 0. The number of ether oxygens (including phenoxy) is 4. The van der Waals surface area contributed by atoms with E-state index in [-0.39, 0.29) is 6.61 Å². The van der Waals surface area contributed by atoms with Gasteiger partial charge in [-0.05, 0) is 0 Å². The van der Waals surface area contributed by atoms with Gasteiger partial charge in [-0.3, -0.25) is 0 Å². The monoisotopic (exact) mass is 234 g/mol. The zero-order valence-corrected chi connectivity index (χ0v) is 9.73. The fourth-order valence-electron chi connectivity index (χ4n) is 0.891. The van der Waals surface area contributed by atoms with E-state index in [0.29, 0.717) is 52.9 Å². The van der Waals surface area contributed by atoms with Crippen molar-refractivity contribution in [3.8, 4) is 0 Å². The molecule has 0 fully saturated rings. The highest BCUT2D eigenvalue weighted by atomic mass is 16.6. The molecule has 0 saturated heterocycles. The van der Waals surface area contributed by atoms with E-state index in [1.54, 1.807) is 6.08 Å². The zero-order valence-electron chi connectivity index (χ0n) is 9.73. The molecule has 0 aliphatic heterocycles. The maximum atomic E-state index is 8.42. The van der Waals surface area contributed by atoms with Crippen LogP contribution >= 0.6 is 0 Å². The predicted molar refractivity (Wildman–Crippen MR) is 60.6 cm³/mol. The highest BCUT2D eigenvalue weighted by molar-refractivity contribution is 4.63. The molecule has 16 heavy (non-hydrogen) atoms. The van der Waals surface area contributed by atoms with Crippen LogP contribution in [0.5, 0.6) is 0 Å². The van der Waals surface area contributed by atoms with E-state index in [2.05, 4.69) is 6.58 Å². The molecule has 5 nitrogen and oxygen atoms in total. The Morgan fingerprint density at radius 3 is 1.62 bits per heavy atom. The molecule has 0 atom stereocenters. The van der Waals surface area contributed by atoms with Gasteiger partial charge in [0.15, 0.2) is 0 Å². The Bertz CT molecular complexity index is 140. The molecule has 5 heteroatoms. The van der Waals surface area contributed by atoms with Crippen molar-refractivity contribution in [1.82, 2.24) is 0 Å². The summed E-state index contributed by atoms with van der Waals surface area (Å²) in [5.74, 6) is 0. The first-order valence-corrected chi connectivity index (χ1v) is 5.44. The minimum absolute atomic E-state index is 0.0494. The highest BCUT2D eigenvalue weighted by Crippen LogP contribution is 1.82. The molecular weight excluding hydrogens is 212 g/mol. The minimum atomic E-state index is 0.0494. The molecule has 0 amide bonds. The van der Waals surface area contributed by atoms with Gasteiger partial charge in [0.25, 0.3) is 0 Å². The van der Waals surface area contributed by atoms with Crippen molar-refractivity contribution in [1.29, 1.82) is 0 Å². The summed E-state index contributed by atoms with van der Waals surface area (Å²) in [5.41, 5.74) is 0. The second-order valence-corrected chi connectivity index (χ2v) is 2.92. The van der Waals surface area contributed by atoms with Gasteiger partial charge in [-0.15, -0.1) is 6.58 Å². The lowest BCUT2D eigenvalue weighted by molar-refractivity contribution is -0.00323. The normalized spacial score (nSPS) is 10.6. The number of hydrogen-bond donors (Lipinski definition) is 1. The average molecular weight is 234 g/mol. The van der Waals surface area contributed by atoms with Crippen molar-refractivity contribution in [2.24, 2.45) is 0 Å². The molecule has 0 aromatic heterocycles. The standard InChI is InChI=1S/C11H22O5/c1-2-4-13-6-8-15-10-11-16-9-7-14-5-3-12/h2,12H,1,3-11H2. The molecule has 96 valence electrons. The summed E-state index contributed by atoms with van der Waals surface area (Å²) in [7, 11) is 0. The third-order valence-electron chi connectivity index (χ3n) is 1.59. The molecule has 0 spiro atoms. The highest BCUT2D eigenvalue weighted by Gasteiger charge is 1.91. The summed E-state index contributed by atoms with van der Waals surface area (Å²) >= 11 is 0. The third-order valence-corrected chi connectivity index (χ3v) is 1.59. The Labute approximate surface area is 96.9 Å². The van der Waals surface area contributed by atoms with Crippen molar-refractivity contribution in [3.05, 3.63) is 12.7 Å². The van der Waals surface area contributed by atoms with Gasteiger partial charge < -0.3 is 24.1 Å². The summed E-state index contributed by atoms with van der Waals surface area (Å²) in [6, 6.07) is 0. The molecule has 0 saturated carbocycles. The molecule has 0 radical (unpaired) electrons. The van der Waals surface area contributed by atoms with Crippen LogP contribution in [-0.2, 0) is 18.9 Å². The summed E-state index contributed by atoms with van der Waals surface area (Å²) in [5, 5.41) is 8.42. The van der Waals surface area contributed by atoms with Gasteiger partial charge >= 0.3 is 0 Å². The van der Waals surface area contributed by atoms with Crippen LogP contribution in [0.25, 0.3) is 0 Å². The first-order chi connectivity index (χ1) is 7.91. The number of hydrogen-bond acceptors (Lipinski definition) is 5. The molecule has 0 aromatic rings. The lowest BCUT2D eigenvalue weighted by Crippen LogP contribution is -2.12. The van der Waals surface area contributed by atoms with Crippen molar-refractivity contribution in [2.45, 2.75) is 0 Å². The predicted octanol–water partition coefficient (Wildman–Crippen LogP) is 0.231. The molecule has 0 bridgehead atoms. The van der Waals surface area contributed by atoms with Crippen LogP contribution < -0.4 is 0 Å². The van der Waals surface area contributed by atoms with Crippen LogP contribution in [0.15, 0.2) is 12.7 Å². The quantitative estimate of drug-likeness (QED) is 0.365. The summed E-state index contributed by atoms with van der Waals surface area (Å²) < 4.78 is 20.6. The maximum Gasteiger partial charge on any atom is 0.0704 e. The van der Waals surface area contributed by atoms with E-state index in [4.69, 9.17) is 24.1 Å². The molecule has 0 aliphatic carbocycles. The molecule has 0 unspecified atom stereocenters. The van der Waals surface area contributed by atoms with E-state index in [9.17, 15) is 0 Å². The van der Waals surface area contributed by atoms with E-state index in [0.717, 1.165) is 0 Å². The van der Waals surface area contributed by atoms with E-state index in [1.807, 2.05) is 0 Å². The number of rotatable bonds is 13. The van der Waals surface area contributed by atoms with Crippen LogP contribution in [0.1, 0.15) is 0 Å². The fraction of sp³-hybridized carbons (Fsp3) is 0.818. The third kappa shape index (κ3) is 13.5. The first-order valence-electron chi connectivity index (χ1n) is 5.44. The smallest absolute Gasteiger partial charge is 0.0704 e. The lowest BCUT2D eigenvalue weighted by Gasteiger charge is -2.06. The summed E-state index contributed by atoms with van der Waals surface area (Å²) in [6.45, 7) is 7.77. The lowest BCUT2D eigenvalue weighted by atomic mass is 10.6. The Morgan fingerprint density at radius 2 is 1.19 bits per heavy atom. The molecular formula is C11H22O5. The molecule has 0 rings (SSSR count). The van der Waals surface area contributed by atoms with Gasteiger partial charge in [0.05, 0.1) is 59.5 Å². The van der Waals surface area contributed by atoms with Crippen LogP contribution in [0, 0.1) is 0 Å². The Balaban J connectivity index is 2.85. The van der Waals surface area contributed by atoms with Gasteiger partial charge in [-0.25, -0.2) is 0 Å². The topological polar surface area (TPSA) is 57.2 Å². The molecule has 0 aliphatic rings. The van der Waals surface area contributed by atoms with E-state index in [1.165, 1.54) is 0 Å². The second kappa shape index (κ2) is 14.5. The zero-order chi connectivity index (χ0) is 11.9. The Morgan fingerprint density at radius 1 is 0.750 bits per heavy atom. The second-order valence-electron chi connectivity index (χ2n) is 2.92. The van der Waals surface area contributed by atoms with Crippen LogP contribution in [0.2, 0.25) is 0 Å². The van der Waals surface area contributed by atoms with Crippen molar-refractivity contribution >= 4 is 0 Å². The first kappa shape index (κ1) is 15.5. The van der Waals surface area contributed by atoms with Gasteiger partial charge in [0, 0.05) is 0 Å². The largest absolute Gasteiger partial charge is 0.394 e. The number of aliphatic hydroxyl groups excluding tert-OH is 1. The Hall–Kier alpha value is -0.460. The van der Waals surface area contributed by atoms with Gasteiger partial charge in [0.2, 0.25) is 0 Å². The average Bonchev–Trinajstić information content (AvgIpc) is 2.31. The van der Waals surface area contributed by atoms with Crippen molar-refractivity contribution in [2.75, 3.05) is 59.5 Å². The van der Waals surface area contributed by atoms with Crippen molar-refractivity contribution in [3.63, 3.8) is 0 Å². The van der Waals surface area contributed by atoms with Gasteiger partial charge in [-0.1, -0.05) is 6.08 Å². The SMILES string of the molecule is C=CCOCCOCCOCCOCCO. The van der Waals surface area contributed by atoms with Crippen LogP contribution in [-0.4, -0.2) is 64.6 Å². The number of aliphatic hydroxyl groups is 1. The van der Waals surface area contributed by atoms with E-state index < -0.39 is 0 Å². The molecule has 1 N–H and O–H groups in total. The van der Waals surface area contributed by atoms with Crippen molar-refractivity contribution < 1.29 is 24.1 Å². The van der Waals surface area contributed by atoms with E-state index >= 15 is 0 Å². The summed E-state index contributed by atoms with van der Waals surface area (Å²) in [6.07, 6.45) is 1.70. The molecule has 0 heterocycles. The molecule has 0 aromatic carbocycles. The van der Waals surface area contributed by atoms with Crippen LogP contribution in [0.3, 0.4) is 0 Å². The maximum absolute atomic E-state index is 8.42. The van der Waals surface area contributed by atoms with Crippen LogP contribution in [0.4, 0.5) is 0 Å². The van der Waals surface area contributed by atoms with Gasteiger partial charge in [0.1, 0.15) is 0 Å². The minimum Gasteiger partial charge on any atom is -0.394 e.